The van der Waals surface area contributed by atoms with E-state index in [1.807, 2.05) is 6.92 Å². The molecule has 1 rings (SSSR count). The summed E-state index contributed by atoms with van der Waals surface area (Å²) in [5, 5.41) is 15.2. The molecule has 1 atom stereocenters. The molecule has 1 aromatic rings. The second kappa shape index (κ2) is 6.46. The van der Waals surface area contributed by atoms with Gasteiger partial charge < -0.3 is 15.7 Å². The minimum Gasteiger partial charge on any atom is -0.477 e. The Balaban J connectivity index is 2.56. The second-order valence-electron chi connectivity index (χ2n) is 4.00. The number of carbonyl (C=O) groups excluding carboxylic acids is 1. The molecule has 0 saturated carbocycles. The Morgan fingerprint density at radius 1 is 1.50 bits per heavy atom. The highest BCUT2D eigenvalue weighted by atomic mass is 32.1. The molecule has 0 radical (unpaired) electrons. The van der Waals surface area contributed by atoms with E-state index in [2.05, 4.69) is 15.6 Å². The van der Waals surface area contributed by atoms with Gasteiger partial charge in [0.15, 0.2) is 0 Å². The molecule has 1 amide bonds. The lowest BCUT2D eigenvalue weighted by molar-refractivity contribution is -0.124. The number of hydrogen-bond acceptors (Lipinski definition) is 5. The number of nitrogens with one attached hydrogen (secondary N) is 2. The molecule has 18 heavy (non-hydrogen) atoms. The molecule has 1 heterocycles. The minimum atomic E-state index is -0.980. The van der Waals surface area contributed by atoms with Gasteiger partial charge in [-0.25, -0.2) is 9.78 Å². The zero-order valence-electron chi connectivity index (χ0n) is 10.6. The van der Waals surface area contributed by atoms with Crippen molar-refractivity contribution in [3.63, 3.8) is 0 Å². The molecule has 0 saturated heterocycles. The highest BCUT2D eigenvalue weighted by molar-refractivity contribution is 7.13. The number of rotatable bonds is 6. The zero-order chi connectivity index (χ0) is 13.7. The number of aromatic carboxylic acids is 1. The molecule has 100 valence electrons. The molecule has 0 aliphatic heterocycles. The zero-order valence-corrected chi connectivity index (χ0v) is 11.4. The summed E-state index contributed by atoms with van der Waals surface area (Å²) < 4.78 is 0. The summed E-state index contributed by atoms with van der Waals surface area (Å²) in [6.45, 7) is 4.34. The van der Waals surface area contributed by atoms with Crippen molar-refractivity contribution in [3.8, 4) is 0 Å². The van der Waals surface area contributed by atoms with Crippen molar-refractivity contribution in [2.75, 3.05) is 13.6 Å². The van der Waals surface area contributed by atoms with Crippen molar-refractivity contribution in [1.29, 1.82) is 0 Å². The SMILES string of the molecule is CNCC(C)C(=O)NCc1nc(C)c(C(=O)O)s1. The van der Waals surface area contributed by atoms with Crippen LogP contribution in [0.15, 0.2) is 0 Å². The van der Waals surface area contributed by atoms with E-state index in [0.717, 1.165) is 11.3 Å². The van der Waals surface area contributed by atoms with Crippen LogP contribution in [0.3, 0.4) is 0 Å². The number of amides is 1. The first-order valence-corrected chi connectivity index (χ1v) is 6.39. The molecule has 1 aromatic heterocycles. The fourth-order valence-electron chi connectivity index (χ4n) is 1.46. The lowest BCUT2D eigenvalue weighted by atomic mass is 10.1. The summed E-state index contributed by atoms with van der Waals surface area (Å²) >= 11 is 1.09. The van der Waals surface area contributed by atoms with Gasteiger partial charge in [0.1, 0.15) is 9.88 Å². The van der Waals surface area contributed by atoms with Gasteiger partial charge in [0, 0.05) is 12.5 Å². The van der Waals surface area contributed by atoms with E-state index in [-0.39, 0.29) is 23.2 Å². The van der Waals surface area contributed by atoms with Crippen LogP contribution in [0.5, 0.6) is 0 Å². The third kappa shape index (κ3) is 3.78. The van der Waals surface area contributed by atoms with Gasteiger partial charge in [-0.05, 0) is 14.0 Å². The third-order valence-electron chi connectivity index (χ3n) is 2.41. The van der Waals surface area contributed by atoms with E-state index >= 15 is 0 Å². The van der Waals surface area contributed by atoms with Gasteiger partial charge in [-0.1, -0.05) is 6.92 Å². The second-order valence-corrected chi connectivity index (χ2v) is 5.09. The molecule has 0 fully saturated rings. The molecule has 0 bridgehead atoms. The number of carboxylic acid groups (broad SMARTS) is 1. The van der Waals surface area contributed by atoms with Crippen LogP contribution in [0, 0.1) is 12.8 Å². The van der Waals surface area contributed by atoms with Gasteiger partial charge in [0.2, 0.25) is 5.91 Å². The lowest BCUT2D eigenvalue weighted by Crippen LogP contribution is -2.33. The standard InChI is InChI=1S/C11H17N3O3S/c1-6(4-12-3)10(15)13-5-8-14-7(2)9(18-8)11(16)17/h6,12H,4-5H2,1-3H3,(H,13,15)(H,16,17). The van der Waals surface area contributed by atoms with Crippen molar-refractivity contribution in [1.82, 2.24) is 15.6 Å². The molecule has 3 N–H and O–H groups in total. The first-order chi connectivity index (χ1) is 8.45. The summed E-state index contributed by atoms with van der Waals surface area (Å²) in [4.78, 5) is 26.8. The van der Waals surface area contributed by atoms with Crippen LogP contribution < -0.4 is 10.6 Å². The van der Waals surface area contributed by atoms with E-state index in [1.165, 1.54) is 0 Å². The predicted octanol–water partition coefficient (Wildman–Crippen LogP) is 0.621. The van der Waals surface area contributed by atoms with E-state index in [4.69, 9.17) is 5.11 Å². The van der Waals surface area contributed by atoms with Gasteiger partial charge in [-0.3, -0.25) is 4.79 Å². The van der Waals surface area contributed by atoms with Crippen LogP contribution in [-0.2, 0) is 11.3 Å². The molecule has 1 unspecified atom stereocenters. The lowest BCUT2D eigenvalue weighted by Gasteiger charge is -2.10. The van der Waals surface area contributed by atoms with E-state index in [9.17, 15) is 9.59 Å². The Hall–Kier alpha value is -1.47. The first-order valence-electron chi connectivity index (χ1n) is 5.57. The van der Waals surface area contributed by atoms with Gasteiger partial charge in [0.05, 0.1) is 12.2 Å². The molecule has 0 spiro atoms. The van der Waals surface area contributed by atoms with Crippen molar-refractivity contribution >= 4 is 23.2 Å². The number of carboxylic acids is 1. The largest absolute Gasteiger partial charge is 0.477 e. The van der Waals surface area contributed by atoms with Crippen LogP contribution in [-0.4, -0.2) is 35.6 Å². The summed E-state index contributed by atoms with van der Waals surface area (Å²) in [7, 11) is 1.78. The van der Waals surface area contributed by atoms with Gasteiger partial charge in [-0.15, -0.1) is 11.3 Å². The molecular formula is C11H17N3O3S. The Morgan fingerprint density at radius 2 is 2.17 bits per heavy atom. The molecular weight excluding hydrogens is 254 g/mol. The topological polar surface area (TPSA) is 91.3 Å². The fraction of sp³-hybridized carbons (Fsp3) is 0.545. The average Bonchev–Trinajstić information content (AvgIpc) is 2.68. The highest BCUT2D eigenvalue weighted by Crippen LogP contribution is 2.17. The Labute approximate surface area is 109 Å². The Morgan fingerprint density at radius 3 is 2.67 bits per heavy atom. The minimum absolute atomic E-state index is 0.0749. The van der Waals surface area contributed by atoms with Crippen molar-refractivity contribution < 1.29 is 14.7 Å². The smallest absolute Gasteiger partial charge is 0.347 e. The first kappa shape index (κ1) is 14.6. The van der Waals surface area contributed by atoms with Crippen LogP contribution in [0.4, 0.5) is 0 Å². The van der Waals surface area contributed by atoms with E-state index in [0.29, 0.717) is 17.2 Å². The maximum absolute atomic E-state index is 11.6. The summed E-state index contributed by atoms with van der Waals surface area (Å²) in [6, 6.07) is 0. The fourth-order valence-corrected chi connectivity index (χ4v) is 2.31. The number of aromatic nitrogens is 1. The van der Waals surface area contributed by atoms with E-state index < -0.39 is 5.97 Å². The Kier molecular flexibility index (Phi) is 5.24. The summed E-state index contributed by atoms with van der Waals surface area (Å²) in [6.07, 6.45) is 0. The number of aryl methyl sites for hydroxylation is 1. The third-order valence-corrected chi connectivity index (χ3v) is 3.55. The number of carbonyl (C=O) groups is 2. The maximum atomic E-state index is 11.6. The molecule has 7 heteroatoms. The van der Waals surface area contributed by atoms with Crippen LogP contribution in [0.25, 0.3) is 0 Å². The molecule has 0 aromatic carbocycles. The number of hydrogen-bond donors (Lipinski definition) is 3. The average molecular weight is 271 g/mol. The van der Waals surface area contributed by atoms with Crippen molar-refractivity contribution in [3.05, 3.63) is 15.6 Å². The van der Waals surface area contributed by atoms with Crippen molar-refractivity contribution in [2.24, 2.45) is 5.92 Å². The van der Waals surface area contributed by atoms with Gasteiger partial charge >= 0.3 is 5.97 Å². The molecule has 0 aliphatic carbocycles. The van der Waals surface area contributed by atoms with E-state index in [1.54, 1.807) is 14.0 Å². The molecule has 0 aliphatic rings. The number of thiazole rings is 1. The quantitative estimate of drug-likeness (QED) is 0.705. The normalized spacial score (nSPS) is 12.2. The van der Waals surface area contributed by atoms with Crippen LogP contribution in [0.2, 0.25) is 0 Å². The maximum Gasteiger partial charge on any atom is 0.347 e. The predicted molar refractivity (Wildman–Crippen MR) is 68.7 cm³/mol. The van der Waals surface area contributed by atoms with Crippen LogP contribution in [0.1, 0.15) is 27.3 Å². The summed E-state index contributed by atoms with van der Waals surface area (Å²) in [5.74, 6) is -1.18. The monoisotopic (exact) mass is 271 g/mol. The Bertz CT molecular complexity index is 445. The van der Waals surface area contributed by atoms with Gasteiger partial charge in [-0.2, -0.15) is 0 Å². The highest BCUT2D eigenvalue weighted by Gasteiger charge is 2.16. The molecule has 6 nitrogen and oxygen atoms in total. The summed E-state index contributed by atoms with van der Waals surface area (Å²) in [5.41, 5.74) is 0.486. The number of nitrogens with zero attached hydrogens (tertiary/aromatic N) is 1. The van der Waals surface area contributed by atoms with Crippen LogP contribution >= 0.6 is 11.3 Å². The van der Waals surface area contributed by atoms with Crippen molar-refractivity contribution in [2.45, 2.75) is 20.4 Å². The van der Waals surface area contributed by atoms with Gasteiger partial charge in [0.25, 0.3) is 0 Å².